The summed E-state index contributed by atoms with van der Waals surface area (Å²) in [5, 5.41) is 0. The van der Waals surface area contributed by atoms with E-state index in [0.29, 0.717) is 30.2 Å². The first-order valence-electron chi connectivity index (χ1n) is 6.59. The zero-order valence-corrected chi connectivity index (χ0v) is 12.6. The van der Waals surface area contributed by atoms with Gasteiger partial charge in [-0.2, -0.15) is 0 Å². The summed E-state index contributed by atoms with van der Waals surface area (Å²) < 4.78 is 26.4. The van der Waals surface area contributed by atoms with E-state index in [1.54, 1.807) is 14.0 Å². The molecule has 1 heterocycles. The maximum absolute atomic E-state index is 13.5. The maximum atomic E-state index is 13.5. The molecule has 0 saturated heterocycles. The molecule has 0 unspecified atom stereocenters. The number of benzene rings is 1. The van der Waals surface area contributed by atoms with E-state index in [1.165, 1.54) is 6.07 Å². The molecule has 4 nitrogen and oxygen atoms in total. The van der Waals surface area contributed by atoms with Crippen LogP contribution < -0.4 is 0 Å². The van der Waals surface area contributed by atoms with Crippen molar-refractivity contribution in [3.63, 3.8) is 0 Å². The lowest BCUT2D eigenvalue weighted by Gasteiger charge is -2.06. The summed E-state index contributed by atoms with van der Waals surface area (Å²) in [6.45, 7) is 4.35. The number of halogens is 1. The van der Waals surface area contributed by atoms with E-state index in [1.807, 2.05) is 10.6 Å². The molecule has 1 N–H and O–H groups in total. The Kier molecular flexibility index (Phi) is 5.28. The van der Waals surface area contributed by atoms with Crippen LogP contribution in [-0.2, 0) is 16.0 Å². The number of imidazole rings is 1. The Morgan fingerprint density at radius 1 is 1.30 bits per heavy atom. The summed E-state index contributed by atoms with van der Waals surface area (Å²) in [6.07, 6.45) is 0.849. The van der Waals surface area contributed by atoms with Crippen molar-refractivity contribution in [2.24, 2.45) is 0 Å². The third kappa shape index (κ3) is 3.45. The van der Waals surface area contributed by atoms with Gasteiger partial charge in [0.2, 0.25) is 0 Å². The highest BCUT2D eigenvalue weighted by atomic mass is 32.1. The second-order valence-corrected chi connectivity index (χ2v) is 5.05. The molecule has 0 atom stereocenters. The SMILES string of the molecule is COCCOCCCn1c(=S)[nH]c2cc(F)c(C)cc21. The lowest BCUT2D eigenvalue weighted by molar-refractivity contribution is 0.0681. The number of aryl methyl sites for hydroxylation is 2. The van der Waals surface area contributed by atoms with Crippen LogP contribution in [0.5, 0.6) is 0 Å². The fourth-order valence-electron chi connectivity index (χ4n) is 2.07. The Hall–Kier alpha value is -1.24. The summed E-state index contributed by atoms with van der Waals surface area (Å²) in [7, 11) is 1.65. The molecule has 0 amide bonds. The van der Waals surface area contributed by atoms with Gasteiger partial charge >= 0.3 is 0 Å². The third-order valence-corrected chi connectivity index (χ3v) is 3.48. The zero-order valence-electron chi connectivity index (χ0n) is 11.7. The molecule has 1 aromatic heterocycles. The fraction of sp³-hybridized carbons (Fsp3) is 0.500. The standard InChI is InChI=1S/C14H19FN2O2S/c1-10-8-13-12(9-11(10)15)16-14(20)17(13)4-3-5-19-7-6-18-2/h8-9H,3-7H2,1-2H3,(H,16,20). The van der Waals surface area contributed by atoms with E-state index in [4.69, 9.17) is 21.7 Å². The normalized spacial score (nSPS) is 11.3. The summed E-state index contributed by atoms with van der Waals surface area (Å²) in [5.41, 5.74) is 2.29. The van der Waals surface area contributed by atoms with Crippen molar-refractivity contribution in [1.82, 2.24) is 9.55 Å². The van der Waals surface area contributed by atoms with Crippen molar-refractivity contribution < 1.29 is 13.9 Å². The molecule has 110 valence electrons. The summed E-state index contributed by atoms with van der Waals surface area (Å²) in [4.78, 5) is 3.03. The number of nitrogens with one attached hydrogen (secondary N) is 1. The minimum Gasteiger partial charge on any atom is -0.382 e. The van der Waals surface area contributed by atoms with E-state index in [9.17, 15) is 4.39 Å². The zero-order chi connectivity index (χ0) is 14.5. The van der Waals surface area contributed by atoms with E-state index >= 15 is 0 Å². The van der Waals surface area contributed by atoms with Crippen molar-refractivity contribution in [2.75, 3.05) is 26.9 Å². The fourth-order valence-corrected chi connectivity index (χ4v) is 2.37. The number of aromatic nitrogens is 2. The van der Waals surface area contributed by atoms with Gasteiger partial charge < -0.3 is 19.0 Å². The Labute approximate surface area is 122 Å². The molecule has 1 aromatic carbocycles. The molecule has 6 heteroatoms. The summed E-state index contributed by atoms with van der Waals surface area (Å²) in [6, 6.07) is 3.31. The summed E-state index contributed by atoms with van der Waals surface area (Å²) in [5.74, 6) is -0.219. The van der Waals surface area contributed by atoms with Crippen LogP contribution in [0.4, 0.5) is 4.39 Å². The van der Waals surface area contributed by atoms with Crippen LogP contribution in [0, 0.1) is 17.5 Å². The Morgan fingerprint density at radius 3 is 2.85 bits per heavy atom. The molecular formula is C14H19FN2O2S. The van der Waals surface area contributed by atoms with Crippen LogP contribution in [0.1, 0.15) is 12.0 Å². The molecule has 0 aliphatic carbocycles. The van der Waals surface area contributed by atoms with Crippen LogP contribution in [-0.4, -0.2) is 36.5 Å². The van der Waals surface area contributed by atoms with Gasteiger partial charge in [-0.15, -0.1) is 0 Å². The second kappa shape index (κ2) is 6.97. The number of hydrogen-bond donors (Lipinski definition) is 1. The number of methoxy groups -OCH3 is 1. The van der Waals surface area contributed by atoms with Gasteiger partial charge in [0.25, 0.3) is 0 Å². The molecule has 0 aliphatic heterocycles. The van der Waals surface area contributed by atoms with Crippen LogP contribution in [0.2, 0.25) is 0 Å². The van der Waals surface area contributed by atoms with E-state index < -0.39 is 0 Å². The van der Waals surface area contributed by atoms with Gasteiger partial charge in [-0.1, -0.05) is 0 Å². The predicted molar refractivity (Wildman–Crippen MR) is 79.1 cm³/mol. The Morgan fingerprint density at radius 2 is 2.10 bits per heavy atom. The topological polar surface area (TPSA) is 39.2 Å². The highest BCUT2D eigenvalue weighted by molar-refractivity contribution is 7.71. The molecule has 2 aromatic rings. The van der Waals surface area contributed by atoms with Crippen molar-refractivity contribution >= 4 is 23.3 Å². The molecule has 0 saturated carbocycles. The lowest BCUT2D eigenvalue weighted by Crippen LogP contribution is -2.06. The average Bonchev–Trinajstić information content (AvgIpc) is 2.70. The monoisotopic (exact) mass is 298 g/mol. The van der Waals surface area contributed by atoms with Crippen molar-refractivity contribution in [1.29, 1.82) is 0 Å². The van der Waals surface area contributed by atoms with Crippen molar-refractivity contribution in [3.05, 3.63) is 28.3 Å². The van der Waals surface area contributed by atoms with Crippen LogP contribution >= 0.6 is 12.2 Å². The van der Waals surface area contributed by atoms with Crippen LogP contribution in [0.25, 0.3) is 11.0 Å². The molecule has 20 heavy (non-hydrogen) atoms. The number of H-pyrrole nitrogens is 1. The van der Waals surface area contributed by atoms with E-state index in [-0.39, 0.29) is 5.82 Å². The van der Waals surface area contributed by atoms with E-state index in [0.717, 1.165) is 24.0 Å². The second-order valence-electron chi connectivity index (χ2n) is 4.66. The smallest absolute Gasteiger partial charge is 0.178 e. The Bertz CT molecular complexity index is 636. The van der Waals surface area contributed by atoms with Crippen molar-refractivity contribution in [2.45, 2.75) is 19.9 Å². The largest absolute Gasteiger partial charge is 0.382 e. The first-order valence-corrected chi connectivity index (χ1v) is 6.99. The van der Waals surface area contributed by atoms with Gasteiger partial charge in [-0.05, 0) is 43.3 Å². The first kappa shape index (κ1) is 15.2. The van der Waals surface area contributed by atoms with Gasteiger partial charge in [0, 0.05) is 20.3 Å². The average molecular weight is 298 g/mol. The highest BCUT2D eigenvalue weighted by Crippen LogP contribution is 2.19. The Balaban J connectivity index is 2.04. The minimum atomic E-state index is -0.219. The van der Waals surface area contributed by atoms with Crippen molar-refractivity contribution in [3.8, 4) is 0 Å². The lowest BCUT2D eigenvalue weighted by atomic mass is 10.2. The van der Waals surface area contributed by atoms with Gasteiger partial charge in [0.05, 0.1) is 24.2 Å². The van der Waals surface area contributed by atoms with Crippen LogP contribution in [0.15, 0.2) is 12.1 Å². The number of fused-ring (bicyclic) bond motifs is 1. The number of hydrogen-bond acceptors (Lipinski definition) is 3. The van der Waals surface area contributed by atoms with Gasteiger partial charge in [-0.25, -0.2) is 4.39 Å². The number of aromatic amines is 1. The highest BCUT2D eigenvalue weighted by Gasteiger charge is 2.07. The first-order chi connectivity index (χ1) is 9.63. The quantitative estimate of drug-likeness (QED) is 0.630. The third-order valence-electron chi connectivity index (χ3n) is 3.16. The molecule has 0 spiro atoms. The molecule has 2 rings (SSSR count). The maximum Gasteiger partial charge on any atom is 0.178 e. The van der Waals surface area contributed by atoms with E-state index in [2.05, 4.69) is 4.98 Å². The number of ether oxygens (including phenoxy) is 2. The molecular weight excluding hydrogens is 279 g/mol. The van der Waals surface area contributed by atoms with Crippen LogP contribution in [0.3, 0.4) is 0 Å². The van der Waals surface area contributed by atoms with Gasteiger partial charge in [-0.3, -0.25) is 0 Å². The predicted octanol–water partition coefficient (Wildman–Crippen LogP) is 3.20. The van der Waals surface area contributed by atoms with Gasteiger partial charge in [0.15, 0.2) is 4.77 Å². The molecule has 0 bridgehead atoms. The van der Waals surface area contributed by atoms with Gasteiger partial charge in [0.1, 0.15) is 5.82 Å². The minimum absolute atomic E-state index is 0.219. The molecule has 0 radical (unpaired) electrons. The molecule has 0 aliphatic rings. The summed E-state index contributed by atoms with van der Waals surface area (Å²) >= 11 is 5.28. The number of nitrogens with zero attached hydrogens (tertiary/aromatic N) is 1. The number of rotatable bonds is 7. The molecule has 0 fully saturated rings.